The van der Waals surface area contributed by atoms with E-state index in [9.17, 15) is 14.9 Å². The molecule has 0 bridgehead atoms. The van der Waals surface area contributed by atoms with E-state index in [2.05, 4.69) is 14.8 Å². The van der Waals surface area contributed by atoms with Crippen LogP contribution in [0.4, 0.5) is 5.82 Å². The Kier molecular flexibility index (Phi) is 7.53. The highest BCUT2D eigenvalue weighted by molar-refractivity contribution is 5.94. The molecular formula is C22H30N6O5. The maximum atomic E-state index is 12.9. The molecule has 0 unspecified atom stereocenters. The first-order chi connectivity index (χ1) is 16.0. The Morgan fingerprint density at radius 1 is 1.09 bits per heavy atom. The summed E-state index contributed by atoms with van der Waals surface area (Å²) in [6.07, 6.45) is 1.41. The largest absolute Gasteiger partial charge is 0.444 e. The van der Waals surface area contributed by atoms with Crippen molar-refractivity contribution in [1.82, 2.24) is 24.3 Å². The monoisotopic (exact) mass is 458 g/mol. The number of carbonyl (C=O) groups excluding carboxylic acids is 1. The van der Waals surface area contributed by atoms with Crippen molar-refractivity contribution >= 4 is 11.7 Å². The third-order valence-corrected chi connectivity index (χ3v) is 6.09. The van der Waals surface area contributed by atoms with Gasteiger partial charge < -0.3 is 24.5 Å². The molecule has 1 amide bonds. The van der Waals surface area contributed by atoms with Crippen LogP contribution in [0.5, 0.6) is 6.01 Å². The lowest BCUT2D eigenvalue weighted by atomic mass is 10.1. The molecule has 0 aliphatic carbocycles. The SMILES string of the molecule is COCCN1CCN(C(=O)c2ccc(CN3CCOc4nc([N+](=O)[O-])cn4CC3)cc2)CC1. The molecule has 0 spiro atoms. The number of nitrogens with zero attached hydrogens (tertiary/aromatic N) is 6. The van der Waals surface area contributed by atoms with Crippen LogP contribution in [0, 0.1) is 10.1 Å². The molecule has 0 atom stereocenters. The minimum absolute atomic E-state index is 0.0711. The zero-order chi connectivity index (χ0) is 23.2. The van der Waals surface area contributed by atoms with E-state index in [0.717, 1.165) is 44.8 Å². The molecule has 11 nitrogen and oxygen atoms in total. The highest BCUT2D eigenvalue weighted by atomic mass is 16.6. The Morgan fingerprint density at radius 2 is 1.82 bits per heavy atom. The van der Waals surface area contributed by atoms with Gasteiger partial charge in [-0.25, -0.2) is 0 Å². The highest BCUT2D eigenvalue weighted by Gasteiger charge is 2.24. The summed E-state index contributed by atoms with van der Waals surface area (Å²) in [5, 5.41) is 11.0. The number of benzene rings is 1. The summed E-state index contributed by atoms with van der Waals surface area (Å²) in [6.45, 7) is 7.88. The molecule has 1 aromatic carbocycles. The lowest BCUT2D eigenvalue weighted by Crippen LogP contribution is -2.49. The van der Waals surface area contributed by atoms with Gasteiger partial charge in [-0.05, 0) is 22.6 Å². The summed E-state index contributed by atoms with van der Waals surface area (Å²) in [4.78, 5) is 33.7. The molecule has 178 valence electrons. The molecule has 2 aromatic rings. The normalized spacial score (nSPS) is 17.7. The molecule has 2 aliphatic heterocycles. The summed E-state index contributed by atoms with van der Waals surface area (Å²) in [7, 11) is 1.70. The van der Waals surface area contributed by atoms with Crippen molar-refractivity contribution in [3.05, 3.63) is 51.7 Å². The number of methoxy groups -OCH3 is 1. The second-order valence-corrected chi connectivity index (χ2v) is 8.28. The van der Waals surface area contributed by atoms with Gasteiger partial charge >= 0.3 is 11.8 Å². The Hall–Kier alpha value is -3.02. The van der Waals surface area contributed by atoms with Crippen molar-refractivity contribution in [1.29, 1.82) is 0 Å². The topological polar surface area (TPSA) is 106 Å². The van der Waals surface area contributed by atoms with Crippen molar-refractivity contribution < 1.29 is 19.2 Å². The molecular weight excluding hydrogens is 428 g/mol. The fourth-order valence-electron chi connectivity index (χ4n) is 4.12. The van der Waals surface area contributed by atoms with Crippen LogP contribution < -0.4 is 4.74 Å². The van der Waals surface area contributed by atoms with Gasteiger partial charge in [0.2, 0.25) is 0 Å². The minimum atomic E-state index is -0.511. The number of rotatable bonds is 7. The van der Waals surface area contributed by atoms with Gasteiger partial charge in [0, 0.05) is 76.6 Å². The maximum absolute atomic E-state index is 12.9. The van der Waals surface area contributed by atoms with Gasteiger partial charge in [0.25, 0.3) is 5.91 Å². The van der Waals surface area contributed by atoms with E-state index in [0.29, 0.717) is 44.4 Å². The first-order valence-electron chi connectivity index (χ1n) is 11.2. The van der Waals surface area contributed by atoms with Gasteiger partial charge in [0.15, 0.2) is 0 Å². The van der Waals surface area contributed by atoms with Crippen molar-refractivity contribution in [2.24, 2.45) is 0 Å². The average Bonchev–Trinajstić information content (AvgIpc) is 3.22. The molecule has 2 aliphatic rings. The van der Waals surface area contributed by atoms with E-state index in [1.54, 1.807) is 11.7 Å². The molecule has 33 heavy (non-hydrogen) atoms. The Morgan fingerprint density at radius 3 is 2.52 bits per heavy atom. The molecule has 1 saturated heterocycles. The summed E-state index contributed by atoms with van der Waals surface area (Å²) < 4.78 is 12.4. The van der Waals surface area contributed by atoms with Crippen LogP contribution >= 0.6 is 0 Å². The molecule has 1 aromatic heterocycles. The van der Waals surface area contributed by atoms with Crippen LogP contribution in [0.25, 0.3) is 0 Å². The number of hydrogen-bond acceptors (Lipinski definition) is 8. The zero-order valence-corrected chi connectivity index (χ0v) is 18.9. The van der Waals surface area contributed by atoms with Gasteiger partial charge in [-0.15, -0.1) is 0 Å². The number of nitro groups is 1. The van der Waals surface area contributed by atoms with E-state index in [4.69, 9.17) is 9.47 Å². The molecule has 1 fully saturated rings. The first kappa shape index (κ1) is 23.1. The summed E-state index contributed by atoms with van der Waals surface area (Å²) >= 11 is 0. The third-order valence-electron chi connectivity index (χ3n) is 6.09. The van der Waals surface area contributed by atoms with Gasteiger partial charge in [-0.3, -0.25) is 19.2 Å². The lowest BCUT2D eigenvalue weighted by Gasteiger charge is -2.34. The number of amides is 1. The average molecular weight is 459 g/mol. The Balaban J connectivity index is 1.29. The molecule has 0 N–H and O–H groups in total. The molecule has 0 radical (unpaired) electrons. The first-order valence-corrected chi connectivity index (χ1v) is 11.2. The van der Waals surface area contributed by atoms with Crippen LogP contribution in [-0.2, 0) is 17.8 Å². The molecule has 0 saturated carbocycles. The fourth-order valence-corrected chi connectivity index (χ4v) is 4.12. The van der Waals surface area contributed by atoms with E-state index >= 15 is 0 Å². The zero-order valence-electron chi connectivity index (χ0n) is 18.9. The fraction of sp³-hybridized carbons (Fsp3) is 0.545. The Labute approximate surface area is 192 Å². The van der Waals surface area contributed by atoms with E-state index in [-0.39, 0.29) is 11.7 Å². The van der Waals surface area contributed by atoms with Crippen molar-refractivity contribution in [3.8, 4) is 6.01 Å². The van der Waals surface area contributed by atoms with Gasteiger partial charge in [0.05, 0.1) is 6.61 Å². The van der Waals surface area contributed by atoms with Crippen LogP contribution in [0.3, 0.4) is 0 Å². The van der Waals surface area contributed by atoms with Gasteiger partial charge in [0.1, 0.15) is 12.8 Å². The van der Waals surface area contributed by atoms with E-state index < -0.39 is 4.92 Å². The minimum Gasteiger partial charge on any atom is -0.444 e. The van der Waals surface area contributed by atoms with E-state index in [1.807, 2.05) is 29.2 Å². The predicted octanol–water partition coefficient (Wildman–Crippen LogP) is 1.09. The number of aromatic nitrogens is 2. The maximum Gasteiger partial charge on any atom is 0.414 e. The second kappa shape index (κ2) is 10.7. The number of hydrogen-bond donors (Lipinski definition) is 0. The van der Waals surface area contributed by atoms with Crippen molar-refractivity contribution in [2.45, 2.75) is 13.1 Å². The van der Waals surface area contributed by atoms with Crippen molar-refractivity contribution in [3.63, 3.8) is 0 Å². The number of piperazine rings is 1. The lowest BCUT2D eigenvalue weighted by molar-refractivity contribution is -0.389. The third kappa shape index (κ3) is 5.86. The standard InChI is InChI=1S/C22H30N6O5/c1-32-14-12-24-6-9-26(10-7-24)21(29)19-4-2-18(3-5-19)16-25-8-11-27-17-20(28(30)31)23-22(27)33-15-13-25/h2-5,17H,6-16H2,1H3. The summed E-state index contributed by atoms with van der Waals surface area (Å²) in [5.41, 5.74) is 1.81. The van der Waals surface area contributed by atoms with Crippen LogP contribution in [0.15, 0.2) is 30.5 Å². The van der Waals surface area contributed by atoms with E-state index in [1.165, 1.54) is 6.20 Å². The number of carbonyl (C=O) groups is 1. The van der Waals surface area contributed by atoms with Crippen LogP contribution in [0.2, 0.25) is 0 Å². The van der Waals surface area contributed by atoms with Crippen LogP contribution in [-0.4, -0.2) is 101 Å². The van der Waals surface area contributed by atoms with Crippen molar-refractivity contribution in [2.75, 3.05) is 66.1 Å². The number of fused-ring (bicyclic) bond motifs is 1. The quantitative estimate of drug-likeness (QED) is 0.448. The van der Waals surface area contributed by atoms with Gasteiger partial charge in [-0.1, -0.05) is 12.1 Å². The molecule has 3 heterocycles. The van der Waals surface area contributed by atoms with Gasteiger partial charge in [-0.2, -0.15) is 0 Å². The predicted molar refractivity (Wildman–Crippen MR) is 120 cm³/mol. The smallest absolute Gasteiger partial charge is 0.414 e. The summed E-state index contributed by atoms with van der Waals surface area (Å²) in [5.74, 6) is -0.128. The summed E-state index contributed by atoms with van der Waals surface area (Å²) in [6, 6.07) is 8.08. The Bertz CT molecular complexity index is 955. The molecule has 4 rings (SSSR count). The highest BCUT2D eigenvalue weighted by Crippen LogP contribution is 2.19. The number of imidazole rings is 1. The molecule has 11 heteroatoms. The second-order valence-electron chi connectivity index (χ2n) is 8.28. The number of ether oxygens (including phenoxy) is 2. The van der Waals surface area contributed by atoms with Crippen LogP contribution in [0.1, 0.15) is 15.9 Å².